The Morgan fingerprint density at radius 3 is 2.54 bits per heavy atom. The van der Waals surface area contributed by atoms with E-state index in [1.807, 2.05) is 19.3 Å². The van der Waals surface area contributed by atoms with Crippen molar-refractivity contribution in [1.29, 1.82) is 0 Å². The molecule has 0 saturated heterocycles. The average Bonchev–Trinajstić information content (AvgIpc) is 3.17. The Kier molecular flexibility index (Phi) is 5.27. The number of benzene rings is 1. The fourth-order valence-electron chi connectivity index (χ4n) is 3.79. The maximum absolute atomic E-state index is 12.6. The lowest BCUT2D eigenvalue weighted by atomic mass is 9.91. The van der Waals surface area contributed by atoms with E-state index in [0.29, 0.717) is 11.1 Å². The van der Waals surface area contributed by atoms with E-state index in [0.717, 1.165) is 42.5 Å². The Balaban J connectivity index is 1.40. The first-order valence-electron chi connectivity index (χ1n) is 9.23. The fourth-order valence-corrected chi connectivity index (χ4v) is 5.23. The first-order valence-corrected chi connectivity index (χ1v) is 11.1. The molecule has 28 heavy (non-hydrogen) atoms. The molecule has 0 aliphatic heterocycles. The molecule has 7 nitrogen and oxygen atoms in total. The van der Waals surface area contributed by atoms with Gasteiger partial charge in [-0.05, 0) is 56.0 Å². The Hall–Kier alpha value is -2.16. The molecule has 3 aromatic rings. The summed E-state index contributed by atoms with van der Waals surface area (Å²) >= 11 is 5.85. The third kappa shape index (κ3) is 3.85. The lowest BCUT2D eigenvalue weighted by Crippen LogP contribution is -2.43. The van der Waals surface area contributed by atoms with E-state index in [9.17, 15) is 8.42 Å². The van der Waals surface area contributed by atoms with E-state index in [1.165, 1.54) is 12.1 Å². The molecule has 0 unspecified atom stereocenters. The maximum atomic E-state index is 12.6. The Morgan fingerprint density at radius 2 is 1.82 bits per heavy atom. The quantitative estimate of drug-likeness (QED) is 0.661. The van der Waals surface area contributed by atoms with Crippen LogP contribution in [0, 0.1) is 0 Å². The van der Waals surface area contributed by atoms with Crippen LogP contribution in [0.15, 0.2) is 47.8 Å². The van der Waals surface area contributed by atoms with Gasteiger partial charge in [-0.15, -0.1) is 0 Å². The summed E-state index contributed by atoms with van der Waals surface area (Å²) in [6, 6.07) is 8.46. The summed E-state index contributed by atoms with van der Waals surface area (Å²) < 4.78 is 28.0. The van der Waals surface area contributed by atoms with Gasteiger partial charge >= 0.3 is 0 Å². The van der Waals surface area contributed by atoms with Crippen LogP contribution in [0.5, 0.6) is 0 Å². The van der Waals surface area contributed by atoms with E-state index in [1.54, 1.807) is 18.5 Å². The molecule has 2 N–H and O–H groups in total. The number of fused-ring (bicyclic) bond motifs is 1. The predicted molar refractivity (Wildman–Crippen MR) is 110 cm³/mol. The summed E-state index contributed by atoms with van der Waals surface area (Å²) in [5.41, 5.74) is 0.821. The second kappa shape index (κ2) is 7.69. The molecule has 1 fully saturated rings. The lowest BCUT2D eigenvalue weighted by Gasteiger charge is -2.35. The molecular formula is C19H22ClN5O2S. The van der Waals surface area contributed by atoms with E-state index in [-0.39, 0.29) is 10.9 Å². The van der Waals surface area contributed by atoms with Crippen molar-refractivity contribution in [2.75, 3.05) is 11.9 Å². The zero-order valence-electron chi connectivity index (χ0n) is 15.5. The van der Waals surface area contributed by atoms with E-state index < -0.39 is 10.0 Å². The van der Waals surface area contributed by atoms with Crippen LogP contribution in [0.1, 0.15) is 25.7 Å². The number of sulfonamides is 1. The molecule has 0 amide bonds. The number of anilines is 1. The topological polar surface area (TPSA) is 91.0 Å². The van der Waals surface area contributed by atoms with Gasteiger partial charge in [-0.1, -0.05) is 11.6 Å². The second-order valence-corrected chi connectivity index (χ2v) is 9.28. The van der Waals surface area contributed by atoms with Crippen molar-refractivity contribution in [2.45, 2.75) is 42.7 Å². The number of halogens is 1. The zero-order valence-corrected chi connectivity index (χ0v) is 17.0. The Labute approximate surface area is 169 Å². The van der Waals surface area contributed by atoms with Gasteiger partial charge in [-0.2, -0.15) is 0 Å². The number of nitrogens with one attached hydrogen (secondary N) is 2. The van der Waals surface area contributed by atoms with Crippen molar-refractivity contribution in [1.82, 2.24) is 19.7 Å². The monoisotopic (exact) mass is 419 g/mol. The van der Waals surface area contributed by atoms with Crippen molar-refractivity contribution in [3.8, 4) is 0 Å². The van der Waals surface area contributed by atoms with Gasteiger partial charge in [0.2, 0.25) is 10.0 Å². The van der Waals surface area contributed by atoms with Crippen molar-refractivity contribution < 1.29 is 8.42 Å². The molecule has 148 valence electrons. The maximum Gasteiger partial charge on any atom is 0.240 e. The molecule has 0 bridgehead atoms. The number of hydrogen-bond donors (Lipinski definition) is 2. The van der Waals surface area contributed by atoms with Crippen LogP contribution >= 0.6 is 11.6 Å². The molecule has 0 radical (unpaired) electrons. The van der Waals surface area contributed by atoms with Crippen LogP contribution in [-0.2, 0) is 10.0 Å². The SMILES string of the molecule is CN(c1ncnc2[nH]ccc12)C1CCC(NS(=O)(=O)c2ccc(Cl)cc2)CC1. The van der Waals surface area contributed by atoms with Gasteiger partial charge in [-0.25, -0.2) is 23.1 Å². The molecule has 0 atom stereocenters. The highest BCUT2D eigenvalue weighted by Gasteiger charge is 2.28. The van der Waals surface area contributed by atoms with Crippen LogP contribution in [0.2, 0.25) is 5.02 Å². The summed E-state index contributed by atoms with van der Waals surface area (Å²) in [7, 11) is -1.50. The Bertz CT molecular complexity index is 1060. The van der Waals surface area contributed by atoms with Crippen molar-refractivity contribution in [2.24, 2.45) is 0 Å². The van der Waals surface area contributed by atoms with Gasteiger partial charge in [-0.3, -0.25) is 0 Å². The summed E-state index contributed by atoms with van der Waals surface area (Å²) in [6.45, 7) is 0. The highest BCUT2D eigenvalue weighted by molar-refractivity contribution is 7.89. The van der Waals surface area contributed by atoms with E-state index >= 15 is 0 Å². The van der Waals surface area contributed by atoms with Gasteiger partial charge < -0.3 is 9.88 Å². The van der Waals surface area contributed by atoms with Crippen LogP contribution in [0.25, 0.3) is 11.0 Å². The molecule has 0 spiro atoms. The van der Waals surface area contributed by atoms with Gasteiger partial charge in [0.1, 0.15) is 17.8 Å². The minimum absolute atomic E-state index is 0.0667. The lowest BCUT2D eigenvalue weighted by molar-refractivity contribution is 0.365. The summed E-state index contributed by atoms with van der Waals surface area (Å²) in [5, 5.41) is 1.51. The number of hydrogen-bond acceptors (Lipinski definition) is 5. The average molecular weight is 420 g/mol. The zero-order chi connectivity index (χ0) is 19.7. The molecule has 1 aliphatic rings. The van der Waals surface area contributed by atoms with Crippen LogP contribution in [-0.4, -0.2) is 42.5 Å². The predicted octanol–water partition coefficient (Wildman–Crippen LogP) is 3.34. The van der Waals surface area contributed by atoms with Gasteiger partial charge in [0.15, 0.2) is 0 Å². The normalized spacial score (nSPS) is 20.4. The Morgan fingerprint density at radius 1 is 1.11 bits per heavy atom. The van der Waals surface area contributed by atoms with E-state index in [4.69, 9.17) is 11.6 Å². The molecule has 1 aliphatic carbocycles. The number of aromatic amines is 1. The fraction of sp³-hybridized carbons (Fsp3) is 0.368. The van der Waals surface area contributed by atoms with Gasteiger partial charge in [0, 0.05) is 30.4 Å². The molecule has 9 heteroatoms. The first-order chi connectivity index (χ1) is 13.4. The van der Waals surface area contributed by atoms with Crippen molar-refractivity contribution in [3.63, 3.8) is 0 Å². The van der Waals surface area contributed by atoms with Crippen molar-refractivity contribution in [3.05, 3.63) is 47.9 Å². The smallest absolute Gasteiger partial charge is 0.240 e. The minimum Gasteiger partial charge on any atom is -0.356 e. The number of H-pyrrole nitrogens is 1. The molecule has 2 heterocycles. The summed E-state index contributed by atoms with van der Waals surface area (Å²) in [6.07, 6.45) is 6.77. The molecule has 1 saturated carbocycles. The highest BCUT2D eigenvalue weighted by atomic mass is 35.5. The second-order valence-electron chi connectivity index (χ2n) is 7.13. The minimum atomic E-state index is -3.53. The third-order valence-electron chi connectivity index (χ3n) is 5.36. The van der Waals surface area contributed by atoms with Crippen LogP contribution < -0.4 is 9.62 Å². The molecule has 4 rings (SSSR count). The summed E-state index contributed by atoms with van der Waals surface area (Å²) in [4.78, 5) is 14.2. The largest absolute Gasteiger partial charge is 0.356 e. The highest BCUT2D eigenvalue weighted by Crippen LogP contribution is 2.29. The number of aromatic nitrogens is 3. The van der Waals surface area contributed by atoms with Crippen LogP contribution in [0.4, 0.5) is 5.82 Å². The van der Waals surface area contributed by atoms with E-state index in [2.05, 4.69) is 24.6 Å². The summed E-state index contributed by atoms with van der Waals surface area (Å²) in [5.74, 6) is 0.899. The standard InChI is InChI=1S/C19H22ClN5O2S/c1-25(19-17-10-11-21-18(17)22-12-23-19)15-6-4-14(5-7-15)24-28(26,27)16-8-2-13(20)3-9-16/h2-3,8-12,14-15,24H,4-7H2,1H3,(H,21,22,23). The number of rotatable bonds is 5. The van der Waals surface area contributed by atoms with Gasteiger partial charge in [0.25, 0.3) is 0 Å². The van der Waals surface area contributed by atoms with Crippen molar-refractivity contribution >= 4 is 38.5 Å². The first kappa shape index (κ1) is 19.2. The van der Waals surface area contributed by atoms with Crippen LogP contribution in [0.3, 0.4) is 0 Å². The molecule has 2 aromatic heterocycles. The molecular weight excluding hydrogens is 398 g/mol. The third-order valence-corrected chi connectivity index (χ3v) is 7.15. The molecule has 1 aromatic carbocycles. The van der Waals surface area contributed by atoms with Gasteiger partial charge in [0.05, 0.1) is 10.3 Å². The number of nitrogens with zero attached hydrogens (tertiary/aromatic N) is 3.